The number of hydrogen-bond donors (Lipinski definition) is 0. The number of hydrogen-bond acceptors (Lipinski definition) is 3. The van der Waals surface area contributed by atoms with E-state index in [-0.39, 0.29) is 5.41 Å². The first-order chi connectivity index (χ1) is 22.0. The molecule has 3 aromatic heterocycles. The van der Waals surface area contributed by atoms with Crippen LogP contribution in [0.2, 0.25) is 0 Å². The van der Waals surface area contributed by atoms with Crippen LogP contribution in [0.5, 0.6) is 0 Å². The zero-order valence-electron chi connectivity index (χ0n) is 24.7. The molecule has 0 atom stereocenters. The lowest BCUT2D eigenvalue weighted by atomic mass is 9.80. The van der Waals surface area contributed by atoms with Crippen LogP contribution < -0.4 is 0 Å². The Balaban J connectivity index is 1.33. The molecule has 210 valence electrons. The average molecular weight is 576 g/mol. The van der Waals surface area contributed by atoms with Crippen molar-refractivity contribution in [2.75, 3.05) is 0 Å². The summed E-state index contributed by atoms with van der Waals surface area (Å²) in [6.45, 7) is 4.67. The smallest absolute Gasteiger partial charge is 0.140 e. The lowest BCUT2D eigenvalue weighted by Gasteiger charge is -2.22. The van der Waals surface area contributed by atoms with Crippen LogP contribution in [0.25, 0.3) is 66.4 Å². The minimum Gasteiger partial charge on any atom is -0.294 e. The highest BCUT2D eigenvalue weighted by Gasteiger charge is 2.38. The first-order valence-electron chi connectivity index (χ1n) is 15.0. The first kappa shape index (κ1) is 25.3. The molecule has 0 fully saturated rings. The molecule has 0 saturated carbocycles. The lowest BCUT2D eigenvalue weighted by Crippen LogP contribution is -2.15. The van der Waals surface area contributed by atoms with Crippen LogP contribution in [-0.2, 0) is 5.41 Å². The van der Waals surface area contributed by atoms with Crippen LogP contribution in [0, 0.1) is 22.7 Å². The van der Waals surface area contributed by atoms with E-state index in [1.54, 1.807) is 0 Å². The molecule has 5 nitrogen and oxygen atoms in total. The van der Waals surface area contributed by atoms with Gasteiger partial charge < -0.3 is 0 Å². The van der Waals surface area contributed by atoms with Gasteiger partial charge >= 0.3 is 0 Å². The minimum absolute atomic E-state index is 0.150. The van der Waals surface area contributed by atoms with Crippen molar-refractivity contribution in [2.45, 2.75) is 19.3 Å². The maximum atomic E-state index is 9.63. The molecule has 0 spiro atoms. The normalized spacial score (nSPS) is 13.2. The molecule has 1 aliphatic carbocycles. The van der Waals surface area contributed by atoms with E-state index in [1.807, 2.05) is 42.5 Å². The topological polar surface area (TPSA) is 70.3 Å². The summed E-state index contributed by atoms with van der Waals surface area (Å²) in [4.78, 5) is 5.31. The van der Waals surface area contributed by atoms with Crippen LogP contribution in [0.3, 0.4) is 0 Å². The van der Waals surface area contributed by atoms with Gasteiger partial charge in [-0.3, -0.25) is 9.13 Å². The maximum Gasteiger partial charge on any atom is 0.140 e. The fraction of sp³-hybridized carbons (Fsp3) is 0.0750. The molecule has 5 heteroatoms. The number of benzene rings is 5. The van der Waals surface area contributed by atoms with Gasteiger partial charge in [-0.25, -0.2) is 4.98 Å². The molecule has 0 amide bonds. The van der Waals surface area contributed by atoms with Crippen molar-refractivity contribution in [2.24, 2.45) is 0 Å². The van der Waals surface area contributed by atoms with E-state index < -0.39 is 0 Å². The molecule has 0 bridgehead atoms. The summed E-state index contributed by atoms with van der Waals surface area (Å²) in [5.74, 6) is 1.59. The summed E-state index contributed by atoms with van der Waals surface area (Å²) in [5, 5.41) is 23.6. The molecule has 0 unspecified atom stereocenters. The quantitative estimate of drug-likeness (QED) is 0.206. The van der Waals surface area contributed by atoms with E-state index in [9.17, 15) is 10.5 Å². The van der Waals surface area contributed by atoms with Crippen molar-refractivity contribution in [1.82, 2.24) is 14.1 Å². The Bertz CT molecular complexity index is 2580. The summed E-state index contributed by atoms with van der Waals surface area (Å²) < 4.78 is 4.41. The Morgan fingerprint density at radius 3 is 1.82 bits per heavy atom. The highest BCUT2D eigenvalue weighted by Crippen LogP contribution is 2.53. The molecule has 0 N–H and O–H groups in total. The zero-order valence-corrected chi connectivity index (χ0v) is 24.7. The summed E-state index contributed by atoms with van der Waals surface area (Å²) in [5.41, 5.74) is 10.4. The van der Waals surface area contributed by atoms with Crippen LogP contribution in [0.4, 0.5) is 0 Å². The van der Waals surface area contributed by atoms with Gasteiger partial charge in [0.1, 0.15) is 11.6 Å². The van der Waals surface area contributed by atoms with Gasteiger partial charge in [0.15, 0.2) is 0 Å². The van der Waals surface area contributed by atoms with Gasteiger partial charge in [0.2, 0.25) is 0 Å². The Morgan fingerprint density at radius 2 is 1.13 bits per heavy atom. The van der Waals surface area contributed by atoms with Crippen LogP contribution in [-0.4, -0.2) is 14.1 Å². The third kappa shape index (κ3) is 3.33. The second-order valence-corrected chi connectivity index (χ2v) is 12.3. The SMILES string of the molecule is CC1(C)c2ccccc2-c2ccc3c(c21)c1ccccc1n3-c1cccc(-n2c3ccc(C#N)cc3c3cc(C#N)ccc32)n1. The second-order valence-electron chi connectivity index (χ2n) is 12.3. The number of aromatic nitrogens is 3. The molecular formula is C40H25N5. The minimum atomic E-state index is -0.150. The van der Waals surface area contributed by atoms with Crippen LogP contribution >= 0.6 is 0 Å². The third-order valence-corrected chi connectivity index (χ3v) is 9.56. The lowest BCUT2D eigenvalue weighted by molar-refractivity contribution is 0.666. The fourth-order valence-corrected chi connectivity index (χ4v) is 7.65. The molecule has 8 aromatic rings. The summed E-state index contributed by atoms with van der Waals surface area (Å²) in [6, 6.07) is 44.0. The Kier molecular flexibility index (Phi) is 5.03. The van der Waals surface area contributed by atoms with Gasteiger partial charge in [-0.15, -0.1) is 0 Å². The second kappa shape index (κ2) is 8.92. The molecule has 1 aliphatic rings. The van der Waals surface area contributed by atoms with Crippen molar-refractivity contribution in [1.29, 1.82) is 10.5 Å². The highest BCUT2D eigenvalue weighted by molar-refractivity contribution is 6.14. The molecule has 0 radical (unpaired) electrons. The summed E-state index contributed by atoms with van der Waals surface area (Å²) in [7, 11) is 0. The number of pyridine rings is 1. The average Bonchev–Trinajstić information content (AvgIpc) is 3.67. The summed E-state index contributed by atoms with van der Waals surface area (Å²) >= 11 is 0. The predicted octanol–water partition coefficient (Wildman–Crippen LogP) is 9.33. The van der Waals surface area contributed by atoms with Gasteiger partial charge in [0, 0.05) is 27.0 Å². The Hall–Kier alpha value is -6.17. The Labute approximate surface area is 259 Å². The van der Waals surface area contributed by atoms with E-state index >= 15 is 0 Å². The standard InChI is InChI=1S/C40H25N5/c1-40(2)31-10-5-3-8-26(31)27-16-19-35-38(39(27)40)28-9-4-6-11-32(28)45(35)37-13-7-12-36(43-37)44-33-17-14-24(22-41)20-29(33)30-21-25(23-42)15-18-34(30)44/h3-21H,1-2H3. The highest BCUT2D eigenvalue weighted by atomic mass is 15.1. The Morgan fingerprint density at radius 1 is 0.556 bits per heavy atom. The predicted molar refractivity (Wildman–Crippen MR) is 180 cm³/mol. The van der Waals surface area contributed by atoms with Crippen molar-refractivity contribution in [3.63, 3.8) is 0 Å². The maximum absolute atomic E-state index is 9.63. The van der Waals surface area contributed by atoms with Crippen LogP contribution in [0.1, 0.15) is 36.1 Å². The van der Waals surface area contributed by atoms with Crippen molar-refractivity contribution < 1.29 is 0 Å². The van der Waals surface area contributed by atoms with E-state index in [2.05, 4.69) is 108 Å². The molecule has 5 aromatic carbocycles. The number of rotatable bonds is 2. The number of fused-ring (bicyclic) bond motifs is 10. The van der Waals surface area contributed by atoms with Gasteiger partial charge in [0.25, 0.3) is 0 Å². The van der Waals surface area contributed by atoms with Gasteiger partial charge in [-0.2, -0.15) is 10.5 Å². The van der Waals surface area contributed by atoms with Gasteiger partial charge in [-0.1, -0.05) is 68.4 Å². The van der Waals surface area contributed by atoms with Crippen molar-refractivity contribution in [3.8, 4) is 34.9 Å². The van der Waals surface area contributed by atoms with Crippen molar-refractivity contribution in [3.05, 3.63) is 138 Å². The van der Waals surface area contributed by atoms with E-state index in [1.165, 1.54) is 33.0 Å². The van der Waals surface area contributed by atoms with E-state index in [0.29, 0.717) is 11.1 Å². The van der Waals surface area contributed by atoms with E-state index in [4.69, 9.17) is 4.98 Å². The van der Waals surface area contributed by atoms with Gasteiger partial charge in [-0.05, 0) is 82.9 Å². The number of nitriles is 2. The monoisotopic (exact) mass is 575 g/mol. The summed E-state index contributed by atoms with van der Waals surface area (Å²) in [6.07, 6.45) is 0. The third-order valence-electron chi connectivity index (χ3n) is 9.56. The molecule has 3 heterocycles. The zero-order chi connectivity index (χ0) is 30.4. The molecular weight excluding hydrogens is 550 g/mol. The van der Waals surface area contributed by atoms with Gasteiger partial charge in [0.05, 0.1) is 45.3 Å². The number of nitrogens with zero attached hydrogens (tertiary/aromatic N) is 5. The number of para-hydroxylation sites is 1. The van der Waals surface area contributed by atoms with E-state index in [0.717, 1.165) is 44.5 Å². The fourth-order valence-electron chi connectivity index (χ4n) is 7.65. The first-order valence-corrected chi connectivity index (χ1v) is 15.0. The van der Waals surface area contributed by atoms with Crippen LogP contribution in [0.15, 0.2) is 115 Å². The van der Waals surface area contributed by atoms with Crippen molar-refractivity contribution >= 4 is 43.6 Å². The molecule has 45 heavy (non-hydrogen) atoms. The molecule has 0 aliphatic heterocycles. The molecule has 9 rings (SSSR count). The molecule has 0 saturated heterocycles. The largest absolute Gasteiger partial charge is 0.294 e.